The molecule has 4 nitrogen and oxygen atoms in total. The summed E-state index contributed by atoms with van der Waals surface area (Å²) < 4.78 is 5.27. The van der Waals surface area contributed by atoms with E-state index in [1.54, 1.807) is 7.11 Å². The van der Waals surface area contributed by atoms with Crippen LogP contribution >= 0.6 is 0 Å². The summed E-state index contributed by atoms with van der Waals surface area (Å²) in [4.78, 5) is 13.9. The monoisotopic (exact) mass is 262 g/mol. The second kappa shape index (κ2) is 5.61. The number of carbonyl (C=O) groups is 1. The molecule has 0 spiro atoms. The lowest BCUT2D eigenvalue weighted by atomic mass is 10.1. The SMILES string of the molecule is COc1ccc(C2NCC(=O)N2CC(C)C)cc1C. The van der Waals surface area contributed by atoms with E-state index in [1.165, 1.54) is 0 Å². The summed E-state index contributed by atoms with van der Waals surface area (Å²) >= 11 is 0. The van der Waals surface area contributed by atoms with E-state index >= 15 is 0 Å². The topological polar surface area (TPSA) is 41.6 Å². The molecular weight excluding hydrogens is 240 g/mol. The summed E-state index contributed by atoms with van der Waals surface area (Å²) in [5.41, 5.74) is 2.20. The van der Waals surface area contributed by atoms with Crippen LogP contribution < -0.4 is 10.1 Å². The Morgan fingerprint density at radius 2 is 2.21 bits per heavy atom. The molecule has 1 N–H and O–H groups in total. The van der Waals surface area contributed by atoms with Gasteiger partial charge in [-0.1, -0.05) is 19.9 Å². The maximum absolute atomic E-state index is 11.9. The van der Waals surface area contributed by atoms with Crippen molar-refractivity contribution >= 4 is 5.91 Å². The minimum Gasteiger partial charge on any atom is -0.496 e. The Morgan fingerprint density at radius 3 is 2.79 bits per heavy atom. The molecule has 1 fully saturated rings. The Bertz CT molecular complexity index is 471. The Balaban J connectivity index is 2.24. The minimum absolute atomic E-state index is 0.0143. The van der Waals surface area contributed by atoms with Crippen LogP contribution in [-0.4, -0.2) is 31.0 Å². The number of hydrogen-bond acceptors (Lipinski definition) is 3. The normalized spacial score (nSPS) is 19.3. The number of carbonyl (C=O) groups excluding carboxylic acids is 1. The van der Waals surface area contributed by atoms with Gasteiger partial charge in [0.15, 0.2) is 0 Å². The van der Waals surface area contributed by atoms with E-state index in [0.717, 1.165) is 23.4 Å². The second-order valence-electron chi connectivity index (χ2n) is 5.45. The summed E-state index contributed by atoms with van der Waals surface area (Å²) in [6.07, 6.45) is -0.0143. The van der Waals surface area contributed by atoms with E-state index in [-0.39, 0.29) is 12.1 Å². The van der Waals surface area contributed by atoms with Gasteiger partial charge in [-0.15, -0.1) is 0 Å². The highest BCUT2D eigenvalue weighted by molar-refractivity contribution is 5.81. The summed E-state index contributed by atoms with van der Waals surface area (Å²) in [6.45, 7) is 7.47. The number of methoxy groups -OCH3 is 1. The Hall–Kier alpha value is -1.55. The third kappa shape index (κ3) is 2.89. The van der Waals surface area contributed by atoms with Gasteiger partial charge in [-0.2, -0.15) is 0 Å². The van der Waals surface area contributed by atoms with E-state index in [1.807, 2.05) is 24.0 Å². The highest BCUT2D eigenvalue weighted by Gasteiger charge is 2.31. The summed E-state index contributed by atoms with van der Waals surface area (Å²) in [7, 11) is 1.67. The molecule has 0 saturated carbocycles. The number of rotatable bonds is 4. The quantitative estimate of drug-likeness (QED) is 0.903. The van der Waals surface area contributed by atoms with Crippen molar-refractivity contribution in [3.8, 4) is 5.75 Å². The molecule has 4 heteroatoms. The van der Waals surface area contributed by atoms with Crippen molar-refractivity contribution in [2.24, 2.45) is 5.92 Å². The average molecular weight is 262 g/mol. The van der Waals surface area contributed by atoms with Gasteiger partial charge in [-0.05, 0) is 36.1 Å². The van der Waals surface area contributed by atoms with E-state index in [2.05, 4.69) is 25.2 Å². The van der Waals surface area contributed by atoms with Crippen molar-refractivity contribution in [1.82, 2.24) is 10.2 Å². The van der Waals surface area contributed by atoms with Gasteiger partial charge in [0.25, 0.3) is 0 Å². The fraction of sp³-hybridized carbons (Fsp3) is 0.533. The van der Waals surface area contributed by atoms with Crippen LogP contribution in [0.2, 0.25) is 0 Å². The number of aryl methyl sites for hydroxylation is 1. The lowest BCUT2D eigenvalue weighted by molar-refractivity contribution is -0.128. The first kappa shape index (κ1) is 13.9. The predicted molar refractivity (Wildman–Crippen MR) is 75.0 cm³/mol. The summed E-state index contributed by atoms with van der Waals surface area (Å²) in [5.74, 6) is 1.52. The van der Waals surface area contributed by atoms with Crippen molar-refractivity contribution in [3.05, 3.63) is 29.3 Å². The fourth-order valence-corrected chi connectivity index (χ4v) is 2.51. The highest BCUT2D eigenvalue weighted by atomic mass is 16.5. The fourth-order valence-electron chi connectivity index (χ4n) is 2.51. The van der Waals surface area contributed by atoms with Crippen LogP contribution in [0, 0.1) is 12.8 Å². The third-order valence-corrected chi connectivity index (χ3v) is 3.38. The molecule has 0 radical (unpaired) electrons. The summed E-state index contributed by atoms with van der Waals surface area (Å²) in [5, 5.41) is 3.28. The molecule has 1 heterocycles. The van der Waals surface area contributed by atoms with Crippen molar-refractivity contribution in [2.45, 2.75) is 26.9 Å². The molecule has 1 aliphatic heterocycles. The smallest absolute Gasteiger partial charge is 0.238 e. The lowest BCUT2D eigenvalue weighted by Gasteiger charge is -2.26. The molecule has 19 heavy (non-hydrogen) atoms. The molecule has 104 valence electrons. The number of amides is 1. The van der Waals surface area contributed by atoms with Gasteiger partial charge in [0.05, 0.1) is 13.7 Å². The molecule has 1 saturated heterocycles. The number of ether oxygens (including phenoxy) is 1. The molecule has 0 aliphatic carbocycles. The van der Waals surface area contributed by atoms with Gasteiger partial charge in [0, 0.05) is 6.54 Å². The van der Waals surface area contributed by atoms with Gasteiger partial charge >= 0.3 is 0 Å². The first-order chi connectivity index (χ1) is 9.02. The molecule has 1 amide bonds. The minimum atomic E-state index is -0.0143. The number of nitrogens with zero attached hydrogens (tertiary/aromatic N) is 1. The van der Waals surface area contributed by atoms with Crippen molar-refractivity contribution in [3.63, 3.8) is 0 Å². The first-order valence-corrected chi connectivity index (χ1v) is 6.70. The third-order valence-electron chi connectivity index (χ3n) is 3.38. The van der Waals surface area contributed by atoms with Gasteiger partial charge in [-0.25, -0.2) is 0 Å². The molecule has 1 aromatic rings. The molecule has 0 bridgehead atoms. The summed E-state index contributed by atoms with van der Waals surface area (Å²) in [6, 6.07) is 6.07. The first-order valence-electron chi connectivity index (χ1n) is 6.70. The van der Waals surface area contributed by atoms with Gasteiger partial charge in [0.2, 0.25) is 5.91 Å². The van der Waals surface area contributed by atoms with E-state index < -0.39 is 0 Å². The number of nitrogens with one attached hydrogen (secondary N) is 1. The molecular formula is C15H22N2O2. The standard InChI is InChI=1S/C15H22N2O2/c1-10(2)9-17-14(18)8-16-15(17)12-5-6-13(19-4)11(3)7-12/h5-7,10,15-16H,8-9H2,1-4H3. The van der Waals surface area contributed by atoms with Gasteiger partial charge in [0.1, 0.15) is 11.9 Å². The van der Waals surface area contributed by atoms with E-state index in [4.69, 9.17) is 4.74 Å². The van der Waals surface area contributed by atoms with Gasteiger partial charge in [-0.3, -0.25) is 10.1 Å². The number of benzene rings is 1. The molecule has 1 unspecified atom stereocenters. The second-order valence-corrected chi connectivity index (χ2v) is 5.45. The number of hydrogen-bond donors (Lipinski definition) is 1. The van der Waals surface area contributed by atoms with E-state index in [0.29, 0.717) is 12.5 Å². The van der Waals surface area contributed by atoms with Crippen LogP contribution in [0.1, 0.15) is 31.1 Å². The van der Waals surface area contributed by atoms with Crippen LogP contribution in [0.4, 0.5) is 0 Å². The van der Waals surface area contributed by atoms with Gasteiger partial charge < -0.3 is 9.64 Å². The Labute approximate surface area is 114 Å². The molecule has 1 atom stereocenters. The Morgan fingerprint density at radius 1 is 1.47 bits per heavy atom. The van der Waals surface area contributed by atoms with Crippen LogP contribution in [0.5, 0.6) is 5.75 Å². The lowest BCUT2D eigenvalue weighted by Crippen LogP contribution is -2.33. The van der Waals surface area contributed by atoms with E-state index in [9.17, 15) is 4.79 Å². The van der Waals surface area contributed by atoms with Crippen LogP contribution in [-0.2, 0) is 4.79 Å². The van der Waals surface area contributed by atoms with Crippen molar-refractivity contribution < 1.29 is 9.53 Å². The molecule has 1 aliphatic rings. The predicted octanol–water partition coefficient (Wildman–Crippen LogP) is 2.09. The zero-order valence-corrected chi connectivity index (χ0v) is 12.1. The van der Waals surface area contributed by atoms with Crippen molar-refractivity contribution in [1.29, 1.82) is 0 Å². The maximum Gasteiger partial charge on any atom is 0.238 e. The van der Waals surface area contributed by atoms with Crippen LogP contribution in [0.3, 0.4) is 0 Å². The van der Waals surface area contributed by atoms with Crippen LogP contribution in [0.15, 0.2) is 18.2 Å². The van der Waals surface area contributed by atoms with Crippen LogP contribution in [0.25, 0.3) is 0 Å². The zero-order chi connectivity index (χ0) is 14.0. The van der Waals surface area contributed by atoms with Crippen molar-refractivity contribution in [2.75, 3.05) is 20.2 Å². The Kier molecular flexibility index (Phi) is 4.10. The highest BCUT2D eigenvalue weighted by Crippen LogP contribution is 2.27. The largest absolute Gasteiger partial charge is 0.496 e. The molecule has 2 rings (SSSR count). The zero-order valence-electron chi connectivity index (χ0n) is 12.1. The average Bonchev–Trinajstić information content (AvgIpc) is 2.70. The maximum atomic E-state index is 11.9. The molecule has 1 aromatic carbocycles. The molecule has 0 aromatic heterocycles.